The van der Waals surface area contributed by atoms with Gasteiger partial charge >= 0.3 is 0 Å². The summed E-state index contributed by atoms with van der Waals surface area (Å²) in [7, 11) is 1.72. The summed E-state index contributed by atoms with van der Waals surface area (Å²) in [6.07, 6.45) is -1.81. The van der Waals surface area contributed by atoms with Crippen molar-refractivity contribution in [2.75, 3.05) is 17.3 Å². The van der Waals surface area contributed by atoms with Crippen LogP contribution in [0, 0.1) is 13.8 Å². The van der Waals surface area contributed by atoms with E-state index in [9.17, 15) is 23.5 Å². The number of nitrogens with zero attached hydrogens (tertiary/aromatic N) is 1. The summed E-state index contributed by atoms with van der Waals surface area (Å²) in [6.45, 7) is 4.98. The third kappa shape index (κ3) is 5.85. The summed E-state index contributed by atoms with van der Waals surface area (Å²) < 4.78 is 27.8. The van der Waals surface area contributed by atoms with Gasteiger partial charge in [0.25, 0.3) is 11.8 Å². The van der Waals surface area contributed by atoms with Gasteiger partial charge in [-0.3, -0.25) is 9.59 Å². The van der Waals surface area contributed by atoms with E-state index in [1.807, 2.05) is 32.0 Å². The van der Waals surface area contributed by atoms with Crippen molar-refractivity contribution >= 4 is 23.2 Å². The van der Waals surface area contributed by atoms with Gasteiger partial charge in [-0.05, 0) is 73.9 Å². The molecule has 0 saturated heterocycles. The number of hydrogen-bond acceptors (Lipinski definition) is 3. The SMILES string of the molecule is Cc1cc(C)cc(N(C)C(=O)c2ccc(NC(=O)Cc3ccc(C(F)(F)[C@@H](C)O)cc3)cc2)c1. The lowest BCUT2D eigenvalue weighted by Crippen LogP contribution is -2.27. The molecule has 2 N–H and O–H groups in total. The van der Waals surface area contributed by atoms with Crippen LogP contribution in [0.25, 0.3) is 0 Å². The number of aliphatic hydroxyl groups is 1. The Morgan fingerprint density at radius 3 is 2.06 bits per heavy atom. The van der Waals surface area contributed by atoms with Crippen LogP contribution in [0.15, 0.2) is 66.7 Å². The van der Waals surface area contributed by atoms with Crippen LogP contribution in [0.3, 0.4) is 0 Å². The second kappa shape index (κ2) is 10.1. The molecular formula is C27H28F2N2O3. The van der Waals surface area contributed by atoms with Crippen molar-refractivity contribution in [1.29, 1.82) is 0 Å². The van der Waals surface area contributed by atoms with Crippen LogP contribution in [-0.2, 0) is 17.1 Å². The summed E-state index contributed by atoms with van der Waals surface area (Å²) >= 11 is 0. The topological polar surface area (TPSA) is 69.6 Å². The van der Waals surface area contributed by atoms with E-state index in [-0.39, 0.29) is 23.8 Å². The molecule has 0 saturated carbocycles. The van der Waals surface area contributed by atoms with Gasteiger partial charge in [0.15, 0.2) is 0 Å². The van der Waals surface area contributed by atoms with Crippen LogP contribution in [0.2, 0.25) is 0 Å². The molecule has 2 amide bonds. The van der Waals surface area contributed by atoms with E-state index < -0.39 is 12.0 Å². The summed E-state index contributed by atoms with van der Waals surface area (Å²) in [4.78, 5) is 26.8. The Balaban J connectivity index is 1.62. The number of alkyl halides is 2. The Labute approximate surface area is 198 Å². The number of aryl methyl sites for hydroxylation is 2. The molecule has 0 aromatic heterocycles. The molecule has 0 aliphatic carbocycles. The zero-order valence-electron chi connectivity index (χ0n) is 19.6. The fourth-order valence-corrected chi connectivity index (χ4v) is 3.63. The second-order valence-electron chi connectivity index (χ2n) is 8.51. The minimum absolute atomic E-state index is 0.00331. The van der Waals surface area contributed by atoms with E-state index in [1.54, 1.807) is 36.2 Å². The number of aliphatic hydroxyl groups excluding tert-OH is 1. The lowest BCUT2D eigenvalue weighted by molar-refractivity contribution is -0.115. The molecule has 3 rings (SSSR count). The van der Waals surface area contributed by atoms with Crippen LogP contribution >= 0.6 is 0 Å². The van der Waals surface area contributed by atoms with Crippen LogP contribution in [0.1, 0.15) is 39.5 Å². The fourth-order valence-electron chi connectivity index (χ4n) is 3.63. The number of nitrogens with one attached hydrogen (secondary N) is 1. The average molecular weight is 467 g/mol. The Morgan fingerprint density at radius 2 is 1.53 bits per heavy atom. The normalized spacial score (nSPS) is 12.2. The van der Waals surface area contributed by atoms with E-state index in [2.05, 4.69) is 5.32 Å². The highest BCUT2D eigenvalue weighted by Gasteiger charge is 2.37. The smallest absolute Gasteiger partial charge is 0.298 e. The monoisotopic (exact) mass is 466 g/mol. The van der Waals surface area contributed by atoms with Crippen molar-refractivity contribution in [1.82, 2.24) is 0 Å². The van der Waals surface area contributed by atoms with E-state index >= 15 is 0 Å². The van der Waals surface area contributed by atoms with Crippen molar-refractivity contribution in [3.05, 3.63) is 94.5 Å². The molecule has 0 spiro atoms. The number of benzene rings is 3. The number of amides is 2. The van der Waals surface area contributed by atoms with Gasteiger partial charge in [0.1, 0.15) is 6.10 Å². The van der Waals surface area contributed by atoms with Crippen molar-refractivity contribution in [3.8, 4) is 0 Å². The Bertz CT molecular complexity index is 1150. The molecule has 0 unspecified atom stereocenters. The standard InChI is InChI=1S/C27H28F2N2O3/c1-17-13-18(2)15-24(14-17)31(4)26(34)21-7-11-23(12-8-21)30-25(33)16-20-5-9-22(10-6-20)27(28,29)19(3)32/h5-15,19,32H,16H2,1-4H3,(H,30,33)/t19-/m1/s1. The highest BCUT2D eigenvalue weighted by molar-refractivity contribution is 6.06. The molecule has 5 nitrogen and oxygen atoms in total. The van der Waals surface area contributed by atoms with Crippen molar-refractivity contribution in [2.24, 2.45) is 0 Å². The third-order valence-corrected chi connectivity index (χ3v) is 5.54. The zero-order valence-corrected chi connectivity index (χ0v) is 19.6. The fraction of sp³-hybridized carbons (Fsp3) is 0.259. The number of hydrogen-bond donors (Lipinski definition) is 2. The number of halogens is 2. The maximum Gasteiger partial charge on any atom is 0.298 e. The molecule has 178 valence electrons. The van der Waals surface area contributed by atoms with E-state index in [4.69, 9.17) is 0 Å². The highest BCUT2D eigenvalue weighted by atomic mass is 19.3. The quantitative estimate of drug-likeness (QED) is 0.501. The third-order valence-electron chi connectivity index (χ3n) is 5.54. The maximum absolute atomic E-state index is 13.9. The molecule has 0 aliphatic rings. The van der Waals surface area contributed by atoms with Crippen LogP contribution in [0.5, 0.6) is 0 Å². The Hall–Kier alpha value is -3.58. The molecule has 7 heteroatoms. The van der Waals surface area contributed by atoms with Gasteiger partial charge in [0.05, 0.1) is 6.42 Å². The number of rotatable bonds is 7. The molecule has 0 fully saturated rings. The second-order valence-corrected chi connectivity index (χ2v) is 8.51. The van der Waals surface area contributed by atoms with Crippen molar-refractivity contribution in [2.45, 2.75) is 39.2 Å². The Kier molecular flexibility index (Phi) is 7.47. The van der Waals surface area contributed by atoms with Crippen LogP contribution < -0.4 is 10.2 Å². The van der Waals surface area contributed by atoms with Crippen molar-refractivity contribution < 1.29 is 23.5 Å². The molecule has 1 atom stereocenters. The minimum Gasteiger partial charge on any atom is -0.387 e. The summed E-state index contributed by atoms with van der Waals surface area (Å²) in [5.74, 6) is -3.84. The van der Waals surface area contributed by atoms with Gasteiger partial charge in [-0.2, -0.15) is 8.78 Å². The van der Waals surface area contributed by atoms with Crippen LogP contribution in [-0.4, -0.2) is 30.1 Å². The first-order valence-corrected chi connectivity index (χ1v) is 10.9. The lowest BCUT2D eigenvalue weighted by Gasteiger charge is -2.19. The van der Waals surface area contributed by atoms with Gasteiger partial charge in [-0.25, -0.2) is 0 Å². The molecule has 34 heavy (non-hydrogen) atoms. The average Bonchev–Trinajstić information content (AvgIpc) is 2.78. The molecule has 3 aromatic rings. The summed E-state index contributed by atoms with van der Waals surface area (Å²) in [5, 5.41) is 12.0. The first-order chi connectivity index (χ1) is 16.0. The predicted molar refractivity (Wildman–Crippen MR) is 129 cm³/mol. The number of anilines is 2. The molecule has 0 bridgehead atoms. The van der Waals surface area contributed by atoms with Gasteiger partial charge in [0.2, 0.25) is 5.91 Å². The van der Waals surface area contributed by atoms with E-state index in [0.29, 0.717) is 16.8 Å². The maximum atomic E-state index is 13.9. The predicted octanol–water partition coefficient (Wildman–Crippen LogP) is 5.23. The first kappa shape index (κ1) is 25.1. The molecule has 0 radical (unpaired) electrons. The molecule has 0 aliphatic heterocycles. The number of carbonyl (C=O) groups is 2. The van der Waals surface area contributed by atoms with Gasteiger partial charge < -0.3 is 15.3 Å². The largest absolute Gasteiger partial charge is 0.387 e. The van der Waals surface area contributed by atoms with Crippen molar-refractivity contribution in [3.63, 3.8) is 0 Å². The lowest BCUT2D eigenvalue weighted by atomic mass is 10.0. The van der Waals surface area contributed by atoms with Gasteiger partial charge in [0, 0.05) is 29.5 Å². The minimum atomic E-state index is -3.35. The molecule has 3 aromatic carbocycles. The number of carbonyl (C=O) groups excluding carboxylic acids is 2. The molecular weight excluding hydrogens is 438 g/mol. The van der Waals surface area contributed by atoms with E-state index in [1.165, 1.54) is 24.3 Å². The zero-order chi connectivity index (χ0) is 25.0. The van der Waals surface area contributed by atoms with E-state index in [0.717, 1.165) is 23.7 Å². The highest BCUT2D eigenvalue weighted by Crippen LogP contribution is 2.31. The summed E-state index contributed by atoms with van der Waals surface area (Å²) in [5.41, 5.74) is 4.19. The first-order valence-electron chi connectivity index (χ1n) is 10.9. The Morgan fingerprint density at radius 1 is 0.971 bits per heavy atom. The molecule has 0 heterocycles. The van der Waals surface area contributed by atoms with Gasteiger partial charge in [-0.15, -0.1) is 0 Å². The van der Waals surface area contributed by atoms with Crippen LogP contribution in [0.4, 0.5) is 20.2 Å². The summed E-state index contributed by atoms with van der Waals surface area (Å²) in [6, 6.07) is 17.8. The van der Waals surface area contributed by atoms with Gasteiger partial charge in [-0.1, -0.05) is 30.3 Å².